The van der Waals surface area contributed by atoms with Gasteiger partial charge in [-0.15, -0.1) is 0 Å². The van der Waals surface area contributed by atoms with Gasteiger partial charge in [0.15, 0.2) is 0 Å². The van der Waals surface area contributed by atoms with Crippen LogP contribution < -0.4 is 4.91 Å². The van der Waals surface area contributed by atoms with Gasteiger partial charge in [-0.1, -0.05) is 30.3 Å². The van der Waals surface area contributed by atoms with E-state index in [1.807, 2.05) is 30.3 Å². The van der Waals surface area contributed by atoms with Crippen molar-refractivity contribution in [2.45, 2.75) is 6.54 Å². The minimum absolute atomic E-state index is 0.504. The second-order valence-electron chi connectivity index (χ2n) is 1.89. The predicted octanol–water partition coefficient (Wildman–Crippen LogP) is 1.74. The third-order valence-corrected chi connectivity index (χ3v) is 1.17. The average molecular weight is 134 g/mol. The maximum absolute atomic E-state index is 6.41. The molecule has 0 aliphatic heterocycles. The summed E-state index contributed by atoms with van der Waals surface area (Å²) in [7, 11) is 0. The Morgan fingerprint density at radius 3 is 2.60 bits per heavy atom. The van der Waals surface area contributed by atoms with Crippen LogP contribution in [0.1, 0.15) is 5.56 Å². The van der Waals surface area contributed by atoms with Crippen molar-refractivity contribution in [3.05, 3.63) is 35.9 Å². The van der Waals surface area contributed by atoms with Crippen LogP contribution in [0.4, 0.5) is 0 Å². The summed E-state index contributed by atoms with van der Waals surface area (Å²) in [5.74, 6) is 0. The van der Waals surface area contributed by atoms with Crippen LogP contribution in [0.5, 0.6) is 0 Å². The molecule has 0 fully saturated rings. The molecule has 1 N–H and O–H groups in total. The summed E-state index contributed by atoms with van der Waals surface area (Å²) in [6.07, 6.45) is 0. The highest BCUT2D eigenvalue weighted by Gasteiger charge is 1.89. The first-order chi connectivity index (χ1) is 4.93. The van der Waals surface area contributed by atoms with Crippen molar-refractivity contribution < 1.29 is 0 Å². The summed E-state index contributed by atoms with van der Waals surface area (Å²) in [6, 6.07) is 9.73. The van der Waals surface area contributed by atoms with E-state index in [0.29, 0.717) is 6.54 Å². The molecular weight excluding hydrogens is 126 g/mol. The van der Waals surface area contributed by atoms with Crippen LogP contribution in [-0.2, 0) is 6.54 Å². The number of nitrogens with zero attached hydrogens (tertiary/aromatic N) is 2. The van der Waals surface area contributed by atoms with E-state index in [-0.39, 0.29) is 0 Å². The molecule has 0 saturated heterocycles. The van der Waals surface area contributed by atoms with Gasteiger partial charge >= 0.3 is 0 Å². The van der Waals surface area contributed by atoms with E-state index in [2.05, 4.69) is 10.0 Å². The normalized spacial score (nSPS) is 8.40. The van der Waals surface area contributed by atoms with E-state index >= 15 is 0 Å². The number of hydrogen-bond donors (Lipinski definition) is 1. The van der Waals surface area contributed by atoms with Gasteiger partial charge < -0.3 is 0 Å². The first-order valence-electron chi connectivity index (χ1n) is 3.00. The fraction of sp³-hybridized carbons (Fsp3) is 0.143. The van der Waals surface area contributed by atoms with Crippen LogP contribution in [0.2, 0.25) is 0 Å². The van der Waals surface area contributed by atoms with E-state index in [4.69, 9.17) is 5.53 Å². The monoisotopic (exact) mass is 134 g/mol. The minimum atomic E-state index is 0.504. The fourth-order valence-electron chi connectivity index (χ4n) is 0.700. The van der Waals surface area contributed by atoms with Crippen molar-refractivity contribution in [1.29, 1.82) is 5.53 Å². The van der Waals surface area contributed by atoms with Crippen LogP contribution in [-0.4, -0.2) is 0 Å². The maximum atomic E-state index is 6.41. The summed E-state index contributed by atoms with van der Waals surface area (Å²) in [5, 5.41) is 3.53. The van der Waals surface area contributed by atoms with Crippen LogP contribution in [0.25, 0.3) is 0 Å². The van der Waals surface area contributed by atoms with Crippen molar-refractivity contribution in [1.82, 2.24) is 4.91 Å². The van der Waals surface area contributed by atoms with Gasteiger partial charge in [0.1, 0.15) is 17.2 Å². The Balaban J connectivity index is 2.67. The first-order valence-corrected chi connectivity index (χ1v) is 3.00. The molecule has 3 heteroatoms. The summed E-state index contributed by atoms with van der Waals surface area (Å²) in [6.45, 7) is 0.504. The molecule has 10 heavy (non-hydrogen) atoms. The molecule has 1 aromatic carbocycles. The van der Waals surface area contributed by atoms with Gasteiger partial charge in [0.25, 0.3) is 0 Å². The molecule has 1 aromatic rings. The second kappa shape index (κ2) is 3.54. The number of rotatable bonds is 2. The van der Waals surface area contributed by atoms with Crippen molar-refractivity contribution in [3.8, 4) is 0 Å². The molecule has 0 radical (unpaired) electrons. The van der Waals surface area contributed by atoms with Gasteiger partial charge in [-0.25, -0.2) is 0 Å². The Bertz CT molecular complexity index is 236. The number of nitrogens with one attached hydrogen (secondary N) is 1. The molecule has 0 saturated carbocycles. The van der Waals surface area contributed by atoms with Gasteiger partial charge in [-0.05, 0) is 5.56 Å². The predicted molar refractivity (Wildman–Crippen MR) is 37.4 cm³/mol. The van der Waals surface area contributed by atoms with Crippen LogP contribution in [0.3, 0.4) is 0 Å². The van der Waals surface area contributed by atoms with Crippen LogP contribution in [0.15, 0.2) is 35.4 Å². The molecule has 0 spiro atoms. The lowest BCUT2D eigenvalue weighted by atomic mass is 10.2. The van der Waals surface area contributed by atoms with E-state index < -0.39 is 0 Å². The topological polar surface area (TPSA) is 50.3 Å². The molecule has 1 rings (SSSR count). The summed E-state index contributed by atoms with van der Waals surface area (Å²) in [5.41, 5.74) is 7.49. The molecule has 0 aliphatic carbocycles. The third kappa shape index (κ3) is 1.80. The lowest BCUT2D eigenvalue weighted by Crippen LogP contribution is -1.77. The quantitative estimate of drug-likeness (QED) is 0.473. The Kier molecular flexibility index (Phi) is 2.35. The molecule has 0 amide bonds. The summed E-state index contributed by atoms with van der Waals surface area (Å²) in [4.78, 5) is 2.91. The van der Waals surface area contributed by atoms with Gasteiger partial charge in [0, 0.05) is 0 Å². The molecule has 0 aliphatic rings. The van der Waals surface area contributed by atoms with Crippen molar-refractivity contribution >= 4 is 0 Å². The number of benzene rings is 1. The van der Waals surface area contributed by atoms with Crippen LogP contribution >= 0.6 is 0 Å². The standard InChI is InChI=1S/C7H8N3/c8-10-9-6-7-4-2-1-3-5-7/h1-5,8H,6H2/q+1. The Hall–Kier alpha value is -1.47. The number of hydrogen-bond acceptors (Lipinski definition) is 2. The lowest BCUT2D eigenvalue weighted by Gasteiger charge is -1.86. The molecular formula is C7H8N3+. The Morgan fingerprint density at radius 2 is 2.00 bits per heavy atom. The van der Waals surface area contributed by atoms with Crippen molar-refractivity contribution in [3.63, 3.8) is 0 Å². The minimum Gasteiger partial charge on any atom is -0.0622 e. The van der Waals surface area contributed by atoms with E-state index in [1.54, 1.807) is 0 Å². The maximum Gasteiger partial charge on any atom is 0.214 e. The highest BCUT2D eigenvalue weighted by molar-refractivity contribution is 5.13. The molecule has 0 atom stereocenters. The van der Waals surface area contributed by atoms with Gasteiger partial charge in [-0.2, -0.15) is 0 Å². The van der Waals surface area contributed by atoms with E-state index in [1.165, 1.54) is 0 Å². The van der Waals surface area contributed by atoms with E-state index in [0.717, 1.165) is 5.56 Å². The molecule has 0 unspecified atom stereocenters. The van der Waals surface area contributed by atoms with Crippen molar-refractivity contribution in [2.24, 2.45) is 5.11 Å². The lowest BCUT2D eigenvalue weighted by molar-refractivity contribution is 0.858. The molecule has 50 valence electrons. The average Bonchev–Trinajstić information content (AvgIpc) is 2.03. The molecule has 0 aromatic heterocycles. The Morgan fingerprint density at radius 1 is 1.30 bits per heavy atom. The third-order valence-electron chi connectivity index (χ3n) is 1.17. The van der Waals surface area contributed by atoms with Crippen molar-refractivity contribution in [2.75, 3.05) is 0 Å². The van der Waals surface area contributed by atoms with Gasteiger partial charge in [0.05, 0.1) is 0 Å². The molecule has 0 heterocycles. The molecule has 0 bridgehead atoms. The summed E-state index contributed by atoms with van der Waals surface area (Å²) < 4.78 is 0. The zero-order chi connectivity index (χ0) is 7.23. The van der Waals surface area contributed by atoms with E-state index in [9.17, 15) is 0 Å². The zero-order valence-electron chi connectivity index (χ0n) is 5.49. The Labute approximate surface area is 58.9 Å². The van der Waals surface area contributed by atoms with Crippen LogP contribution in [0, 0.1) is 5.53 Å². The highest BCUT2D eigenvalue weighted by Crippen LogP contribution is 1.98. The van der Waals surface area contributed by atoms with Gasteiger partial charge in [0.2, 0.25) is 4.91 Å². The smallest absolute Gasteiger partial charge is 0.0622 e. The SMILES string of the molecule is N=[N+]=NCc1ccccc1. The largest absolute Gasteiger partial charge is 0.214 e. The zero-order valence-corrected chi connectivity index (χ0v) is 5.49. The summed E-state index contributed by atoms with van der Waals surface area (Å²) >= 11 is 0. The molecule has 3 nitrogen and oxygen atoms in total. The fourth-order valence-corrected chi connectivity index (χ4v) is 0.700. The second-order valence-corrected chi connectivity index (χ2v) is 1.89. The highest BCUT2D eigenvalue weighted by atomic mass is 15.1. The first kappa shape index (κ1) is 6.65. The van der Waals surface area contributed by atoms with Gasteiger partial charge in [-0.3, -0.25) is 0 Å².